The quantitative estimate of drug-likeness (QED) is 0.879. The van der Waals surface area contributed by atoms with E-state index in [2.05, 4.69) is 29.3 Å². The van der Waals surface area contributed by atoms with Gasteiger partial charge in [0.2, 0.25) is 5.91 Å². The van der Waals surface area contributed by atoms with E-state index >= 15 is 0 Å². The Morgan fingerprint density at radius 3 is 2.50 bits per heavy atom. The van der Waals surface area contributed by atoms with Crippen LogP contribution in [0.25, 0.3) is 0 Å². The molecule has 0 aliphatic carbocycles. The van der Waals surface area contributed by atoms with Crippen molar-refractivity contribution in [3.8, 4) is 0 Å². The van der Waals surface area contributed by atoms with E-state index in [0.717, 1.165) is 12.2 Å². The molecule has 1 amide bonds. The number of amides is 1. The average Bonchev–Trinajstić information content (AvgIpc) is 2.43. The Labute approximate surface area is 145 Å². The number of nitrogens with one attached hydrogen (secondary N) is 1. The number of rotatable bonds is 4. The molecule has 1 fully saturated rings. The Balaban J connectivity index is 0.00000220. The summed E-state index contributed by atoms with van der Waals surface area (Å²) in [7, 11) is 0. The van der Waals surface area contributed by atoms with Crippen LogP contribution >= 0.6 is 24.8 Å². The molecular weight excluding hydrogens is 321 g/mol. The fourth-order valence-corrected chi connectivity index (χ4v) is 2.58. The van der Waals surface area contributed by atoms with Crippen LogP contribution in [-0.4, -0.2) is 29.4 Å². The van der Waals surface area contributed by atoms with Gasteiger partial charge in [0, 0.05) is 18.3 Å². The van der Waals surface area contributed by atoms with Gasteiger partial charge in [-0.25, -0.2) is 0 Å². The van der Waals surface area contributed by atoms with E-state index in [1.165, 1.54) is 31.4 Å². The van der Waals surface area contributed by atoms with Gasteiger partial charge in [0.15, 0.2) is 0 Å². The van der Waals surface area contributed by atoms with Gasteiger partial charge >= 0.3 is 0 Å². The van der Waals surface area contributed by atoms with E-state index in [-0.39, 0.29) is 30.7 Å². The van der Waals surface area contributed by atoms with Gasteiger partial charge in [0.05, 0.1) is 6.04 Å². The molecule has 1 aromatic rings. The standard InChI is InChI=1S/C16H25N3O.2ClH/c1-12-5-3-4-10-19(12)11-14-6-8-15(9-7-14)18-16(20)13(2)17;;/h6-9,12-13H,3-5,10-11,17H2,1-2H3,(H,18,20);2*1H/t12?,13-;;/m1../s1. The highest BCUT2D eigenvalue weighted by Gasteiger charge is 2.18. The lowest BCUT2D eigenvalue weighted by Crippen LogP contribution is -2.36. The number of nitrogens with zero attached hydrogens (tertiary/aromatic N) is 1. The van der Waals surface area contributed by atoms with Crippen LogP contribution < -0.4 is 11.1 Å². The third-order valence-electron chi connectivity index (χ3n) is 3.96. The van der Waals surface area contributed by atoms with Gasteiger partial charge in [-0.2, -0.15) is 0 Å². The minimum absolute atomic E-state index is 0. The number of nitrogens with two attached hydrogens (primary N) is 1. The molecule has 2 atom stereocenters. The minimum atomic E-state index is -0.483. The second-order valence-electron chi connectivity index (χ2n) is 5.79. The third kappa shape index (κ3) is 6.13. The van der Waals surface area contributed by atoms with Crippen molar-refractivity contribution in [3.05, 3.63) is 29.8 Å². The van der Waals surface area contributed by atoms with E-state index in [1.54, 1.807) is 6.92 Å². The maximum atomic E-state index is 11.5. The molecule has 1 aliphatic rings. The summed E-state index contributed by atoms with van der Waals surface area (Å²) in [6.45, 7) is 6.16. The smallest absolute Gasteiger partial charge is 0.240 e. The predicted molar refractivity (Wildman–Crippen MR) is 96.9 cm³/mol. The Morgan fingerprint density at radius 1 is 1.32 bits per heavy atom. The first-order valence-electron chi connectivity index (χ1n) is 7.45. The zero-order valence-corrected chi connectivity index (χ0v) is 14.9. The van der Waals surface area contributed by atoms with Gasteiger partial charge in [0.1, 0.15) is 0 Å². The molecule has 2 rings (SSSR count). The monoisotopic (exact) mass is 347 g/mol. The lowest BCUT2D eigenvalue weighted by atomic mass is 10.0. The maximum Gasteiger partial charge on any atom is 0.240 e. The molecule has 1 aliphatic heterocycles. The number of carbonyl (C=O) groups excluding carboxylic acids is 1. The van der Waals surface area contributed by atoms with Crippen LogP contribution in [0, 0.1) is 0 Å². The first kappa shape index (κ1) is 21.2. The first-order valence-corrected chi connectivity index (χ1v) is 7.45. The molecule has 0 spiro atoms. The zero-order chi connectivity index (χ0) is 14.5. The molecule has 0 aromatic heterocycles. The van der Waals surface area contributed by atoms with Crippen molar-refractivity contribution < 1.29 is 4.79 Å². The molecule has 0 bridgehead atoms. The second-order valence-corrected chi connectivity index (χ2v) is 5.79. The maximum absolute atomic E-state index is 11.5. The normalized spacial score (nSPS) is 19.5. The van der Waals surface area contributed by atoms with Crippen LogP contribution in [0.2, 0.25) is 0 Å². The zero-order valence-electron chi connectivity index (χ0n) is 13.2. The van der Waals surface area contributed by atoms with E-state index in [1.807, 2.05) is 12.1 Å². The second kappa shape index (κ2) is 10.1. The first-order chi connectivity index (χ1) is 9.56. The lowest BCUT2D eigenvalue weighted by molar-refractivity contribution is -0.117. The molecule has 6 heteroatoms. The van der Waals surface area contributed by atoms with Gasteiger partial charge in [0.25, 0.3) is 0 Å². The lowest BCUT2D eigenvalue weighted by Gasteiger charge is -2.33. The van der Waals surface area contributed by atoms with E-state index in [9.17, 15) is 4.79 Å². The molecule has 1 unspecified atom stereocenters. The number of hydrogen-bond acceptors (Lipinski definition) is 3. The summed E-state index contributed by atoms with van der Waals surface area (Å²) < 4.78 is 0. The summed E-state index contributed by atoms with van der Waals surface area (Å²) in [4.78, 5) is 14.0. The topological polar surface area (TPSA) is 58.4 Å². The van der Waals surface area contributed by atoms with Crippen LogP contribution in [-0.2, 0) is 11.3 Å². The molecule has 22 heavy (non-hydrogen) atoms. The molecule has 4 nitrogen and oxygen atoms in total. The summed E-state index contributed by atoms with van der Waals surface area (Å²) >= 11 is 0. The average molecular weight is 348 g/mol. The highest BCUT2D eigenvalue weighted by Crippen LogP contribution is 2.20. The fourth-order valence-electron chi connectivity index (χ4n) is 2.58. The molecule has 3 N–H and O–H groups in total. The number of carbonyl (C=O) groups is 1. The van der Waals surface area contributed by atoms with Crippen molar-refractivity contribution >= 4 is 36.4 Å². The summed E-state index contributed by atoms with van der Waals surface area (Å²) in [5.74, 6) is -0.151. The van der Waals surface area contributed by atoms with Crippen molar-refractivity contribution in [1.82, 2.24) is 4.90 Å². The van der Waals surface area contributed by atoms with E-state index in [4.69, 9.17) is 5.73 Å². The van der Waals surface area contributed by atoms with Crippen LogP contribution in [0.5, 0.6) is 0 Å². The van der Waals surface area contributed by atoms with Crippen molar-refractivity contribution in [1.29, 1.82) is 0 Å². The predicted octanol–water partition coefficient (Wildman–Crippen LogP) is 3.19. The fraction of sp³-hybridized carbons (Fsp3) is 0.562. The highest BCUT2D eigenvalue weighted by molar-refractivity contribution is 5.94. The Hall–Kier alpha value is -0.810. The van der Waals surface area contributed by atoms with Gasteiger partial charge in [-0.05, 0) is 50.9 Å². The number of piperidine rings is 1. The van der Waals surface area contributed by atoms with Crippen molar-refractivity contribution in [2.24, 2.45) is 5.73 Å². The van der Waals surface area contributed by atoms with Crippen molar-refractivity contribution in [2.45, 2.75) is 51.7 Å². The molecule has 1 saturated heterocycles. The Morgan fingerprint density at radius 2 is 1.95 bits per heavy atom. The molecule has 0 saturated carbocycles. The highest BCUT2D eigenvalue weighted by atomic mass is 35.5. The Bertz CT molecular complexity index is 451. The Kier molecular flexibility index (Phi) is 9.69. The number of halogens is 2. The molecule has 0 radical (unpaired) electrons. The molecular formula is C16H27Cl2N3O. The van der Waals surface area contributed by atoms with Gasteiger partial charge in [-0.15, -0.1) is 24.8 Å². The number of hydrogen-bond donors (Lipinski definition) is 2. The van der Waals surface area contributed by atoms with E-state index < -0.39 is 6.04 Å². The van der Waals surface area contributed by atoms with Crippen LogP contribution in [0.4, 0.5) is 5.69 Å². The van der Waals surface area contributed by atoms with Gasteiger partial charge in [-0.1, -0.05) is 18.6 Å². The number of likely N-dealkylation sites (tertiary alicyclic amines) is 1. The third-order valence-corrected chi connectivity index (χ3v) is 3.96. The largest absolute Gasteiger partial charge is 0.325 e. The van der Waals surface area contributed by atoms with Crippen LogP contribution in [0.3, 0.4) is 0 Å². The van der Waals surface area contributed by atoms with Crippen LogP contribution in [0.15, 0.2) is 24.3 Å². The van der Waals surface area contributed by atoms with E-state index in [0.29, 0.717) is 6.04 Å². The summed E-state index contributed by atoms with van der Waals surface area (Å²) in [6, 6.07) is 8.25. The SMILES string of the molecule is CC1CCCCN1Cc1ccc(NC(=O)[C@@H](C)N)cc1.Cl.Cl. The van der Waals surface area contributed by atoms with Crippen LogP contribution in [0.1, 0.15) is 38.7 Å². The minimum Gasteiger partial charge on any atom is -0.325 e. The number of anilines is 1. The number of benzene rings is 1. The summed E-state index contributed by atoms with van der Waals surface area (Å²) in [6.07, 6.45) is 3.94. The molecule has 126 valence electrons. The summed E-state index contributed by atoms with van der Waals surface area (Å²) in [5.41, 5.74) is 7.63. The molecule has 1 heterocycles. The molecule has 1 aromatic carbocycles. The van der Waals surface area contributed by atoms with Crippen molar-refractivity contribution in [3.63, 3.8) is 0 Å². The van der Waals surface area contributed by atoms with Gasteiger partial charge < -0.3 is 11.1 Å². The summed E-state index contributed by atoms with van der Waals surface area (Å²) in [5, 5.41) is 2.80. The van der Waals surface area contributed by atoms with Gasteiger partial charge in [-0.3, -0.25) is 9.69 Å². The van der Waals surface area contributed by atoms with Crippen molar-refractivity contribution in [2.75, 3.05) is 11.9 Å².